The van der Waals surface area contributed by atoms with Crippen molar-refractivity contribution in [3.63, 3.8) is 0 Å². The van der Waals surface area contributed by atoms with Crippen LogP contribution in [0.5, 0.6) is 5.75 Å². The average molecular weight is 716 g/mol. The van der Waals surface area contributed by atoms with Crippen molar-refractivity contribution in [2.75, 3.05) is 74.9 Å². The lowest BCUT2D eigenvalue weighted by molar-refractivity contribution is -0.0660. The Morgan fingerprint density at radius 3 is 2.33 bits per heavy atom. The fraction of sp³-hybridized carbons (Fsp3) is 0.412. The molecule has 0 radical (unpaired) electrons. The summed E-state index contributed by atoms with van der Waals surface area (Å²) in [5.74, 6) is -0.999. The van der Waals surface area contributed by atoms with Gasteiger partial charge in [0.1, 0.15) is 11.6 Å². The minimum absolute atomic E-state index is 0.00362. The second-order valence-electron chi connectivity index (χ2n) is 12.6. The van der Waals surface area contributed by atoms with Crippen LogP contribution in [-0.2, 0) is 16.0 Å². The molecule has 2 unspecified atom stereocenters. The van der Waals surface area contributed by atoms with Crippen LogP contribution in [0.4, 0.5) is 15.8 Å². The molecule has 5 heterocycles. The molecule has 3 aromatic rings. The SMILES string of the molecule is O=C(O)c1cc(F)c(-c2cccc3c2OCN(C(=O)c2c(Cl)cc(N4CCN(C5COC5)CC4)cc2Cl)C3)cc1N1C2COCC1SC2. The number of benzene rings is 3. The molecule has 0 spiro atoms. The lowest BCUT2D eigenvalue weighted by Gasteiger charge is -2.43. The first-order valence-corrected chi connectivity index (χ1v) is 17.7. The summed E-state index contributed by atoms with van der Waals surface area (Å²) in [4.78, 5) is 34.2. The Bertz CT molecular complexity index is 1750. The zero-order chi connectivity index (χ0) is 33.1. The number of halogens is 3. The second kappa shape index (κ2) is 12.9. The van der Waals surface area contributed by atoms with Crippen LogP contribution in [0.1, 0.15) is 26.3 Å². The molecule has 252 valence electrons. The number of aromatic carboxylic acids is 1. The van der Waals surface area contributed by atoms with E-state index in [0.717, 1.165) is 56.9 Å². The van der Waals surface area contributed by atoms with Crippen LogP contribution < -0.4 is 14.5 Å². The molecule has 0 saturated carbocycles. The van der Waals surface area contributed by atoms with E-state index in [9.17, 15) is 14.7 Å². The van der Waals surface area contributed by atoms with Crippen LogP contribution in [0.25, 0.3) is 11.1 Å². The highest BCUT2D eigenvalue weighted by atomic mass is 35.5. The third-order valence-corrected chi connectivity index (χ3v) is 11.7. The van der Waals surface area contributed by atoms with E-state index in [0.29, 0.717) is 41.8 Å². The number of anilines is 2. The minimum Gasteiger partial charge on any atom is -0.478 e. The van der Waals surface area contributed by atoms with E-state index in [-0.39, 0.29) is 57.3 Å². The summed E-state index contributed by atoms with van der Waals surface area (Å²) in [6.07, 6.45) is 0. The smallest absolute Gasteiger partial charge is 0.337 e. The van der Waals surface area contributed by atoms with Crippen molar-refractivity contribution in [1.29, 1.82) is 0 Å². The van der Waals surface area contributed by atoms with Crippen molar-refractivity contribution in [2.24, 2.45) is 0 Å². The fourth-order valence-corrected chi connectivity index (χ4v) is 9.16. The van der Waals surface area contributed by atoms with Gasteiger partial charge in [-0.15, -0.1) is 11.8 Å². The predicted molar refractivity (Wildman–Crippen MR) is 182 cm³/mol. The number of thioether (sulfide) groups is 1. The average Bonchev–Trinajstić information content (AvgIpc) is 3.30. The Kier molecular flexibility index (Phi) is 8.58. The molecular weight excluding hydrogens is 682 g/mol. The van der Waals surface area contributed by atoms with Gasteiger partial charge in [-0.25, -0.2) is 9.18 Å². The van der Waals surface area contributed by atoms with E-state index < -0.39 is 11.8 Å². The topological polar surface area (TPSA) is 95.0 Å². The summed E-state index contributed by atoms with van der Waals surface area (Å²) in [5, 5.41) is 10.5. The van der Waals surface area contributed by atoms with Gasteiger partial charge < -0.3 is 34.0 Å². The van der Waals surface area contributed by atoms with Gasteiger partial charge in [0.15, 0.2) is 6.73 Å². The lowest BCUT2D eigenvalue weighted by atomic mass is 9.96. The highest BCUT2D eigenvalue weighted by Crippen LogP contribution is 2.44. The van der Waals surface area contributed by atoms with Gasteiger partial charge in [0.25, 0.3) is 5.91 Å². The highest BCUT2D eigenvalue weighted by molar-refractivity contribution is 8.00. The lowest BCUT2D eigenvalue weighted by Crippen LogP contribution is -2.56. The number of carbonyl (C=O) groups is 2. The van der Waals surface area contributed by atoms with Gasteiger partial charge in [-0.2, -0.15) is 0 Å². The molecule has 3 aromatic carbocycles. The number of ether oxygens (including phenoxy) is 3. The summed E-state index contributed by atoms with van der Waals surface area (Å²) in [6.45, 7) is 6.08. The maximum Gasteiger partial charge on any atom is 0.337 e. The molecule has 8 rings (SSSR count). The molecule has 4 saturated heterocycles. The molecule has 2 bridgehead atoms. The van der Waals surface area contributed by atoms with E-state index in [1.54, 1.807) is 42.1 Å². The molecule has 2 atom stereocenters. The third kappa shape index (κ3) is 5.66. The molecular formula is C34H33Cl2FN4O6S. The van der Waals surface area contributed by atoms with E-state index >= 15 is 4.39 Å². The van der Waals surface area contributed by atoms with Crippen LogP contribution in [0, 0.1) is 5.82 Å². The van der Waals surface area contributed by atoms with Crippen molar-refractivity contribution >= 4 is 58.2 Å². The normalized spacial score (nSPS) is 22.7. The Morgan fingerprint density at radius 2 is 1.65 bits per heavy atom. The van der Waals surface area contributed by atoms with Crippen molar-refractivity contribution < 1.29 is 33.3 Å². The number of amides is 1. The van der Waals surface area contributed by atoms with Crippen molar-refractivity contribution in [3.05, 3.63) is 75.0 Å². The molecule has 0 aromatic heterocycles. The first-order chi connectivity index (χ1) is 23.3. The summed E-state index contributed by atoms with van der Waals surface area (Å²) in [5.41, 5.74) is 2.82. The number of piperazine rings is 1. The fourth-order valence-electron chi connectivity index (χ4n) is 7.18. The Morgan fingerprint density at radius 1 is 0.917 bits per heavy atom. The molecule has 14 heteroatoms. The van der Waals surface area contributed by atoms with E-state index in [1.165, 1.54) is 4.90 Å². The number of carboxylic acids is 1. The van der Waals surface area contributed by atoms with Gasteiger partial charge in [0.2, 0.25) is 0 Å². The second-order valence-corrected chi connectivity index (χ2v) is 14.6. The van der Waals surface area contributed by atoms with Gasteiger partial charge in [-0.1, -0.05) is 41.4 Å². The van der Waals surface area contributed by atoms with Gasteiger partial charge in [0.05, 0.1) is 77.3 Å². The Hall–Kier alpha value is -3.26. The van der Waals surface area contributed by atoms with E-state index in [4.69, 9.17) is 37.4 Å². The molecule has 10 nitrogen and oxygen atoms in total. The molecule has 5 aliphatic rings. The number of hydrogen-bond acceptors (Lipinski definition) is 9. The monoisotopic (exact) mass is 714 g/mol. The number of hydrogen-bond donors (Lipinski definition) is 1. The van der Waals surface area contributed by atoms with Crippen LogP contribution in [0.2, 0.25) is 10.0 Å². The third-order valence-electron chi connectivity index (χ3n) is 9.81. The summed E-state index contributed by atoms with van der Waals surface area (Å²) in [7, 11) is 0. The summed E-state index contributed by atoms with van der Waals surface area (Å²) >= 11 is 15.1. The van der Waals surface area contributed by atoms with E-state index in [1.807, 2.05) is 11.0 Å². The molecule has 1 N–H and O–H groups in total. The van der Waals surface area contributed by atoms with Crippen LogP contribution in [0.3, 0.4) is 0 Å². The first kappa shape index (κ1) is 32.0. The maximum absolute atomic E-state index is 15.7. The van der Waals surface area contributed by atoms with Gasteiger partial charge in [0, 0.05) is 54.3 Å². The van der Waals surface area contributed by atoms with Gasteiger partial charge in [-0.05, 0) is 24.3 Å². The number of carboxylic acid groups (broad SMARTS) is 1. The van der Waals surface area contributed by atoms with Crippen LogP contribution >= 0.6 is 35.0 Å². The van der Waals surface area contributed by atoms with Crippen LogP contribution in [-0.4, -0.2) is 109 Å². The number of nitrogens with zero attached hydrogens (tertiary/aromatic N) is 4. The minimum atomic E-state index is -1.20. The number of morpholine rings is 1. The largest absolute Gasteiger partial charge is 0.478 e. The zero-order valence-corrected chi connectivity index (χ0v) is 28.2. The number of fused-ring (bicyclic) bond motifs is 3. The van der Waals surface area contributed by atoms with Crippen molar-refractivity contribution in [2.45, 2.75) is 24.0 Å². The molecule has 5 aliphatic heterocycles. The van der Waals surface area contributed by atoms with Crippen LogP contribution in [0.15, 0.2) is 42.5 Å². The molecule has 1 amide bonds. The molecule has 0 aliphatic carbocycles. The molecule has 4 fully saturated rings. The van der Waals surface area contributed by atoms with Crippen molar-refractivity contribution in [3.8, 4) is 16.9 Å². The van der Waals surface area contributed by atoms with E-state index in [2.05, 4.69) is 9.80 Å². The van der Waals surface area contributed by atoms with Crippen molar-refractivity contribution in [1.82, 2.24) is 9.80 Å². The Balaban J connectivity index is 1.04. The maximum atomic E-state index is 15.7. The summed E-state index contributed by atoms with van der Waals surface area (Å²) in [6, 6.07) is 12.1. The first-order valence-electron chi connectivity index (χ1n) is 15.9. The van der Waals surface area contributed by atoms with Gasteiger partial charge in [-0.3, -0.25) is 9.69 Å². The number of rotatable bonds is 6. The standard InChI is InChI=1S/C34H33Cl2FN4O6S/c35-26-8-20(38-4-6-39(7-5-38)21-13-45-14-21)9-27(36)31(26)33(42)40-12-19-2-1-3-23(32(19)47-18-40)24-11-29(25(34(43)44)10-28(24)37)41-22-15-46-16-30(41)48-17-22/h1-3,8-11,21-22,30H,4-7,12-18H2,(H,43,44). The number of carbonyl (C=O) groups excluding carboxylic acids is 1. The Labute approximate surface area is 291 Å². The quantitative estimate of drug-likeness (QED) is 0.363. The highest BCUT2D eigenvalue weighted by Gasteiger charge is 2.40. The summed E-state index contributed by atoms with van der Waals surface area (Å²) < 4.78 is 32.9. The molecule has 48 heavy (non-hydrogen) atoms. The van der Waals surface area contributed by atoms with Gasteiger partial charge >= 0.3 is 5.97 Å². The predicted octanol–water partition coefficient (Wildman–Crippen LogP) is 5.29. The number of para-hydroxylation sites is 1. The zero-order valence-electron chi connectivity index (χ0n) is 25.9.